The lowest BCUT2D eigenvalue weighted by atomic mass is 10.1. The number of benzene rings is 1. The molecular formula is C16H28N2O. The summed E-state index contributed by atoms with van der Waals surface area (Å²) in [6.45, 7) is 7.88. The van der Waals surface area contributed by atoms with Crippen LogP contribution in [0.1, 0.15) is 43.1 Å². The molecule has 0 aliphatic heterocycles. The third-order valence-electron chi connectivity index (χ3n) is 2.44. The molecule has 0 bridgehead atoms. The maximum absolute atomic E-state index is 11.8. The van der Waals surface area contributed by atoms with Crippen molar-refractivity contribution in [2.24, 2.45) is 0 Å². The topological polar surface area (TPSA) is 32.3 Å². The second kappa shape index (κ2) is 10.6. The van der Waals surface area contributed by atoms with E-state index in [2.05, 4.69) is 26.1 Å². The Bertz CT molecular complexity index is 362. The van der Waals surface area contributed by atoms with Gasteiger partial charge in [0.2, 0.25) is 0 Å². The highest BCUT2D eigenvalue weighted by Crippen LogP contribution is 2.05. The summed E-state index contributed by atoms with van der Waals surface area (Å²) >= 11 is 0. The van der Waals surface area contributed by atoms with Crippen LogP contribution in [-0.4, -0.2) is 38.0 Å². The second-order valence-electron chi connectivity index (χ2n) is 4.82. The monoisotopic (exact) mass is 264 g/mol. The van der Waals surface area contributed by atoms with Crippen molar-refractivity contribution in [3.05, 3.63) is 35.4 Å². The van der Waals surface area contributed by atoms with Gasteiger partial charge in [-0.1, -0.05) is 39.3 Å². The first-order valence-electron chi connectivity index (χ1n) is 7.06. The molecule has 1 aromatic carbocycles. The summed E-state index contributed by atoms with van der Waals surface area (Å²) in [5, 5.41) is 2.90. The zero-order chi connectivity index (χ0) is 14.7. The summed E-state index contributed by atoms with van der Waals surface area (Å²) in [7, 11) is 3.98. The number of carbonyl (C=O) groups is 1. The number of amides is 1. The average molecular weight is 264 g/mol. The molecule has 0 radical (unpaired) electrons. The van der Waals surface area contributed by atoms with Gasteiger partial charge in [0.15, 0.2) is 0 Å². The highest BCUT2D eigenvalue weighted by molar-refractivity contribution is 5.94. The average Bonchev–Trinajstić information content (AvgIpc) is 2.39. The van der Waals surface area contributed by atoms with Crippen LogP contribution < -0.4 is 5.32 Å². The number of rotatable bonds is 5. The molecule has 1 rings (SSSR count). The van der Waals surface area contributed by atoms with Crippen molar-refractivity contribution in [3.8, 4) is 0 Å². The van der Waals surface area contributed by atoms with E-state index in [1.807, 2.05) is 43.3 Å². The largest absolute Gasteiger partial charge is 0.351 e. The Morgan fingerprint density at radius 1 is 1.21 bits per heavy atom. The third-order valence-corrected chi connectivity index (χ3v) is 2.44. The molecule has 19 heavy (non-hydrogen) atoms. The van der Waals surface area contributed by atoms with E-state index in [9.17, 15) is 4.79 Å². The Labute approximate surface area is 118 Å². The number of likely N-dealkylation sites (N-methyl/N-ethyl adjacent to an activating group) is 1. The molecule has 1 N–H and O–H groups in total. The molecular weight excluding hydrogens is 236 g/mol. The van der Waals surface area contributed by atoms with Crippen LogP contribution in [0.3, 0.4) is 0 Å². The molecule has 108 valence electrons. The van der Waals surface area contributed by atoms with Crippen molar-refractivity contribution in [2.45, 2.75) is 33.6 Å². The van der Waals surface area contributed by atoms with E-state index in [1.165, 1.54) is 12.0 Å². The maximum atomic E-state index is 11.8. The molecule has 0 aliphatic rings. The Hall–Kier alpha value is -1.35. The molecule has 0 fully saturated rings. The van der Waals surface area contributed by atoms with Crippen LogP contribution in [0.15, 0.2) is 24.3 Å². The van der Waals surface area contributed by atoms with Gasteiger partial charge < -0.3 is 10.2 Å². The van der Waals surface area contributed by atoms with Gasteiger partial charge in [-0.3, -0.25) is 4.79 Å². The minimum Gasteiger partial charge on any atom is -0.351 e. The van der Waals surface area contributed by atoms with Gasteiger partial charge in [-0.05, 0) is 38.2 Å². The minimum atomic E-state index is 0.0113. The fourth-order valence-corrected chi connectivity index (χ4v) is 1.43. The van der Waals surface area contributed by atoms with Crippen molar-refractivity contribution >= 4 is 5.91 Å². The molecule has 1 amide bonds. The summed E-state index contributed by atoms with van der Waals surface area (Å²) in [6, 6.07) is 7.77. The van der Waals surface area contributed by atoms with E-state index in [0.717, 1.165) is 18.5 Å². The highest BCUT2D eigenvalue weighted by Gasteiger charge is 2.04. The molecule has 3 heteroatoms. The van der Waals surface area contributed by atoms with Gasteiger partial charge >= 0.3 is 0 Å². The Kier molecular flexibility index (Phi) is 9.81. The van der Waals surface area contributed by atoms with Gasteiger partial charge in [-0.2, -0.15) is 0 Å². The van der Waals surface area contributed by atoms with E-state index in [1.54, 1.807) is 0 Å². The molecule has 0 unspecified atom stereocenters. The first-order valence-corrected chi connectivity index (χ1v) is 7.06. The van der Waals surface area contributed by atoms with Crippen molar-refractivity contribution in [1.29, 1.82) is 0 Å². The Morgan fingerprint density at radius 3 is 2.37 bits per heavy atom. The molecule has 0 saturated heterocycles. The minimum absolute atomic E-state index is 0.0113. The lowest BCUT2D eigenvalue weighted by molar-refractivity contribution is 0.0951. The Balaban J connectivity index is 0.000000982. The van der Waals surface area contributed by atoms with Crippen molar-refractivity contribution in [1.82, 2.24) is 10.2 Å². The predicted molar refractivity (Wildman–Crippen MR) is 82.7 cm³/mol. The predicted octanol–water partition coefficient (Wildman–Crippen LogP) is 2.96. The molecule has 0 aliphatic carbocycles. The summed E-state index contributed by atoms with van der Waals surface area (Å²) in [5.41, 5.74) is 1.94. The van der Waals surface area contributed by atoms with E-state index >= 15 is 0 Å². The molecule has 0 saturated carbocycles. The van der Waals surface area contributed by atoms with Crippen LogP contribution >= 0.6 is 0 Å². The molecule has 3 nitrogen and oxygen atoms in total. The molecule has 0 heterocycles. The van der Waals surface area contributed by atoms with Gasteiger partial charge in [0, 0.05) is 18.7 Å². The smallest absolute Gasteiger partial charge is 0.251 e. The highest BCUT2D eigenvalue weighted by atomic mass is 16.1. The SMILES string of the molecule is CCC.CCc1cccc(C(=O)NCCN(C)C)c1. The maximum Gasteiger partial charge on any atom is 0.251 e. The normalized spacial score (nSPS) is 9.79. The Morgan fingerprint density at radius 2 is 1.84 bits per heavy atom. The molecule has 0 spiro atoms. The first kappa shape index (κ1) is 17.6. The van der Waals surface area contributed by atoms with Gasteiger partial charge in [0.05, 0.1) is 0 Å². The zero-order valence-corrected chi connectivity index (χ0v) is 13.0. The number of nitrogens with one attached hydrogen (secondary N) is 1. The van der Waals surface area contributed by atoms with E-state index in [4.69, 9.17) is 0 Å². The quantitative estimate of drug-likeness (QED) is 0.887. The standard InChI is InChI=1S/C13H20N2O.C3H8/c1-4-11-6-5-7-12(10-11)13(16)14-8-9-15(2)3;1-3-2/h5-7,10H,4,8-9H2,1-3H3,(H,14,16);3H2,1-2H3. The van der Waals surface area contributed by atoms with Crippen molar-refractivity contribution < 1.29 is 4.79 Å². The van der Waals surface area contributed by atoms with Gasteiger partial charge in [0.25, 0.3) is 5.91 Å². The fourth-order valence-electron chi connectivity index (χ4n) is 1.43. The lowest BCUT2D eigenvalue weighted by Crippen LogP contribution is -2.31. The van der Waals surface area contributed by atoms with Crippen LogP contribution in [0.4, 0.5) is 0 Å². The fraction of sp³-hybridized carbons (Fsp3) is 0.562. The zero-order valence-electron chi connectivity index (χ0n) is 13.0. The van der Waals surface area contributed by atoms with E-state index in [0.29, 0.717) is 6.54 Å². The van der Waals surface area contributed by atoms with Crippen LogP contribution in [0.2, 0.25) is 0 Å². The lowest BCUT2D eigenvalue weighted by Gasteiger charge is -2.10. The van der Waals surface area contributed by atoms with Gasteiger partial charge in [-0.25, -0.2) is 0 Å². The first-order chi connectivity index (χ1) is 9.04. The van der Waals surface area contributed by atoms with E-state index < -0.39 is 0 Å². The summed E-state index contributed by atoms with van der Waals surface area (Å²) in [4.78, 5) is 13.8. The number of hydrogen-bond donors (Lipinski definition) is 1. The molecule has 1 aromatic rings. The van der Waals surface area contributed by atoms with Crippen molar-refractivity contribution in [2.75, 3.05) is 27.2 Å². The number of nitrogens with zero attached hydrogens (tertiary/aromatic N) is 1. The summed E-state index contributed by atoms with van der Waals surface area (Å²) in [5.74, 6) is 0.0113. The van der Waals surface area contributed by atoms with Gasteiger partial charge in [-0.15, -0.1) is 0 Å². The number of aryl methyl sites for hydroxylation is 1. The summed E-state index contributed by atoms with van der Waals surface area (Å²) in [6.07, 6.45) is 2.21. The summed E-state index contributed by atoms with van der Waals surface area (Å²) < 4.78 is 0. The van der Waals surface area contributed by atoms with Gasteiger partial charge in [0.1, 0.15) is 0 Å². The van der Waals surface area contributed by atoms with E-state index in [-0.39, 0.29) is 5.91 Å². The van der Waals surface area contributed by atoms with Crippen LogP contribution in [-0.2, 0) is 6.42 Å². The van der Waals surface area contributed by atoms with Crippen LogP contribution in [0, 0.1) is 0 Å². The number of hydrogen-bond acceptors (Lipinski definition) is 2. The third kappa shape index (κ3) is 8.38. The molecule has 0 aromatic heterocycles. The second-order valence-corrected chi connectivity index (χ2v) is 4.82. The van der Waals surface area contributed by atoms with Crippen LogP contribution in [0.5, 0.6) is 0 Å². The molecule has 0 atom stereocenters. The van der Waals surface area contributed by atoms with Crippen LogP contribution in [0.25, 0.3) is 0 Å². The number of carbonyl (C=O) groups excluding carboxylic acids is 1. The van der Waals surface area contributed by atoms with Crippen molar-refractivity contribution in [3.63, 3.8) is 0 Å².